The number of sulfone groups is 1. The van der Waals surface area contributed by atoms with Gasteiger partial charge in [-0.25, -0.2) is 13.2 Å². The number of terminal acetylenes is 1. The minimum absolute atomic E-state index is 0.0481. The van der Waals surface area contributed by atoms with Crippen molar-refractivity contribution in [3.05, 3.63) is 0 Å². The van der Waals surface area contributed by atoms with Gasteiger partial charge in [0.2, 0.25) is 0 Å². The fraction of sp³-hybridized carbons (Fsp3) is 0.700. The Hall–Kier alpha value is -1.22. The molecule has 0 aliphatic rings. The number of nitrogens with one attached hydrogen (secondary N) is 1. The summed E-state index contributed by atoms with van der Waals surface area (Å²) in [6, 6.07) is -0.681. The first-order chi connectivity index (χ1) is 7.34. The van der Waals surface area contributed by atoms with Gasteiger partial charge in [-0.1, -0.05) is 12.8 Å². The van der Waals surface area contributed by atoms with E-state index in [0.29, 0.717) is 0 Å². The van der Waals surface area contributed by atoms with Crippen molar-refractivity contribution >= 4 is 15.9 Å². The molecule has 0 aromatic carbocycles. The van der Waals surface area contributed by atoms with Crippen LogP contribution in [-0.2, 0) is 9.84 Å². The summed E-state index contributed by atoms with van der Waals surface area (Å²) in [5, 5.41) is 2.50. The van der Waals surface area contributed by atoms with Crippen molar-refractivity contribution in [3.8, 4) is 12.3 Å². The molecular formula is C10H18N2O3S. The maximum absolute atomic E-state index is 11.4. The van der Waals surface area contributed by atoms with Gasteiger partial charge < -0.3 is 10.2 Å². The number of carbonyl (C=O) groups excluding carboxylic acids is 1. The van der Waals surface area contributed by atoms with Crippen LogP contribution in [-0.4, -0.2) is 50.5 Å². The van der Waals surface area contributed by atoms with Gasteiger partial charge in [0.25, 0.3) is 0 Å². The average Bonchev–Trinajstić information content (AvgIpc) is 2.26. The van der Waals surface area contributed by atoms with Crippen molar-refractivity contribution in [1.82, 2.24) is 10.2 Å². The van der Waals surface area contributed by atoms with Gasteiger partial charge in [-0.05, 0) is 6.92 Å². The van der Waals surface area contributed by atoms with Crippen LogP contribution >= 0.6 is 0 Å². The molecule has 16 heavy (non-hydrogen) atoms. The number of hydrogen-bond acceptors (Lipinski definition) is 3. The first kappa shape index (κ1) is 14.8. The first-order valence-corrected chi connectivity index (χ1v) is 6.83. The van der Waals surface area contributed by atoms with Gasteiger partial charge in [0, 0.05) is 19.3 Å². The Kier molecular flexibility index (Phi) is 5.89. The zero-order chi connectivity index (χ0) is 12.8. The lowest BCUT2D eigenvalue weighted by Crippen LogP contribution is -2.43. The second-order valence-electron chi connectivity index (χ2n) is 3.42. The molecule has 0 bridgehead atoms. The van der Waals surface area contributed by atoms with Crippen LogP contribution in [0.4, 0.5) is 4.79 Å². The van der Waals surface area contributed by atoms with Crippen LogP contribution < -0.4 is 5.32 Å². The molecule has 0 rings (SSSR count). The SMILES string of the molecule is C#C[C@@H](C)N(C)C(=O)NCCS(=O)(=O)CC. The predicted molar refractivity (Wildman–Crippen MR) is 63.8 cm³/mol. The van der Waals surface area contributed by atoms with Crippen molar-refractivity contribution < 1.29 is 13.2 Å². The van der Waals surface area contributed by atoms with Gasteiger partial charge in [0.05, 0.1) is 11.8 Å². The zero-order valence-electron chi connectivity index (χ0n) is 9.86. The number of amides is 2. The third-order valence-corrected chi connectivity index (χ3v) is 3.98. The Morgan fingerprint density at radius 2 is 2.12 bits per heavy atom. The molecule has 1 atom stereocenters. The highest BCUT2D eigenvalue weighted by atomic mass is 32.2. The van der Waals surface area contributed by atoms with E-state index in [0.717, 1.165) is 0 Å². The quantitative estimate of drug-likeness (QED) is 0.699. The van der Waals surface area contributed by atoms with Gasteiger partial charge in [-0.2, -0.15) is 0 Å². The maximum Gasteiger partial charge on any atom is 0.318 e. The number of carbonyl (C=O) groups is 1. The highest BCUT2D eigenvalue weighted by Crippen LogP contribution is 1.94. The van der Waals surface area contributed by atoms with Crippen LogP contribution in [0.5, 0.6) is 0 Å². The number of rotatable bonds is 5. The molecule has 0 unspecified atom stereocenters. The Morgan fingerprint density at radius 3 is 2.56 bits per heavy atom. The summed E-state index contributed by atoms with van der Waals surface area (Å²) in [6.45, 7) is 3.39. The van der Waals surface area contributed by atoms with Crippen LogP contribution in [0.3, 0.4) is 0 Å². The first-order valence-electron chi connectivity index (χ1n) is 5.01. The summed E-state index contributed by atoms with van der Waals surface area (Å²) in [5.74, 6) is 2.44. The summed E-state index contributed by atoms with van der Waals surface area (Å²) in [4.78, 5) is 12.8. The Morgan fingerprint density at radius 1 is 1.56 bits per heavy atom. The van der Waals surface area contributed by atoms with Crippen molar-refractivity contribution in [2.24, 2.45) is 0 Å². The van der Waals surface area contributed by atoms with E-state index in [2.05, 4.69) is 11.2 Å². The highest BCUT2D eigenvalue weighted by molar-refractivity contribution is 7.91. The van der Waals surface area contributed by atoms with Gasteiger partial charge in [0.1, 0.15) is 0 Å². The lowest BCUT2D eigenvalue weighted by molar-refractivity contribution is 0.204. The second kappa shape index (κ2) is 6.38. The Bertz CT molecular complexity index is 370. The van der Waals surface area contributed by atoms with E-state index in [1.165, 1.54) is 4.90 Å². The van der Waals surface area contributed by atoms with E-state index >= 15 is 0 Å². The van der Waals surface area contributed by atoms with E-state index in [-0.39, 0.29) is 30.1 Å². The van der Waals surface area contributed by atoms with Gasteiger partial charge in [-0.3, -0.25) is 0 Å². The minimum atomic E-state index is -3.04. The largest absolute Gasteiger partial charge is 0.337 e. The van der Waals surface area contributed by atoms with Gasteiger partial charge >= 0.3 is 6.03 Å². The van der Waals surface area contributed by atoms with Crippen LogP contribution in [0.2, 0.25) is 0 Å². The van der Waals surface area contributed by atoms with Crippen LogP contribution in [0.15, 0.2) is 0 Å². The normalized spacial score (nSPS) is 12.6. The molecule has 0 aromatic heterocycles. The topological polar surface area (TPSA) is 66.5 Å². The average molecular weight is 246 g/mol. The minimum Gasteiger partial charge on any atom is -0.337 e. The number of urea groups is 1. The Labute approximate surface area is 97.1 Å². The smallest absolute Gasteiger partial charge is 0.318 e. The third kappa shape index (κ3) is 5.03. The number of nitrogens with zero attached hydrogens (tertiary/aromatic N) is 1. The van der Waals surface area contributed by atoms with Crippen molar-refractivity contribution in [1.29, 1.82) is 0 Å². The van der Waals surface area contributed by atoms with E-state index < -0.39 is 9.84 Å². The number of hydrogen-bond donors (Lipinski definition) is 1. The maximum atomic E-state index is 11.4. The van der Waals surface area contributed by atoms with Crippen LogP contribution in [0.25, 0.3) is 0 Å². The van der Waals surface area contributed by atoms with E-state index in [1.54, 1.807) is 20.9 Å². The predicted octanol–water partition coefficient (Wildman–Crippen LogP) is 0.0842. The summed E-state index contributed by atoms with van der Waals surface area (Å²) in [6.07, 6.45) is 5.16. The van der Waals surface area contributed by atoms with E-state index in [1.807, 2.05) is 0 Å². The third-order valence-electron chi connectivity index (χ3n) is 2.27. The van der Waals surface area contributed by atoms with Crippen molar-refractivity contribution in [3.63, 3.8) is 0 Å². The van der Waals surface area contributed by atoms with Crippen molar-refractivity contribution in [2.75, 3.05) is 25.1 Å². The molecule has 0 radical (unpaired) electrons. The molecule has 1 N–H and O–H groups in total. The molecule has 0 fully saturated rings. The molecular weight excluding hydrogens is 228 g/mol. The molecule has 0 aliphatic carbocycles. The summed E-state index contributed by atoms with van der Waals surface area (Å²) in [5.41, 5.74) is 0. The van der Waals surface area contributed by atoms with E-state index in [4.69, 9.17) is 6.42 Å². The molecule has 92 valence electrons. The molecule has 0 spiro atoms. The fourth-order valence-corrected chi connectivity index (χ4v) is 1.57. The molecule has 0 aliphatic heterocycles. The fourth-order valence-electron chi connectivity index (χ4n) is 0.870. The summed E-state index contributed by atoms with van der Waals surface area (Å²) >= 11 is 0. The van der Waals surface area contributed by atoms with Crippen LogP contribution in [0, 0.1) is 12.3 Å². The van der Waals surface area contributed by atoms with Gasteiger partial charge in [0.15, 0.2) is 9.84 Å². The highest BCUT2D eigenvalue weighted by Gasteiger charge is 2.14. The van der Waals surface area contributed by atoms with Crippen molar-refractivity contribution in [2.45, 2.75) is 19.9 Å². The Balaban J connectivity index is 4.06. The molecule has 0 aromatic rings. The lowest BCUT2D eigenvalue weighted by atomic mass is 10.3. The molecule has 2 amide bonds. The molecule has 0 heterocycles. The van der Waals surface area contributed by atoms with Gasteiger partial charge in [-0.15, -0.1) is 6.42 Å². The van der Waals surface area contributed by atoms with Crippen LogP contribution in [0.1, 0.15) is 13.8 Å². The molecule has 0 saturated carbocycles. The summed E-state index contributed by atoms with van der Waals surface area (Å²) in [7, 11) is -1.48. The standard InChI is InChI=1S/C10H18N2O3S/c1-5-9(3)12(4)10(13)11-7-8-16(14,15)6-2/h1,9H,6-8H2,2-4H3,(H,11,13)/t9-/m1/s1. The summed E-state index contributed by atoms with van der Waals surface area (Å²) < 4.78 is 22.3. The lowest BCUT2D eigenvalue weighted by Gasteiger charge is -2.20. The van der Waals surface area contributed by atoms with E-state index in [9.17, 15) is 13.2 Å². The monoisotopic (exact) mass is 246 g/mol. The second-order valence-corrected chi connectivity index (χ2v) is 5.89. The molecule has 6 heteroatoms. The molecule has 5 nitrogen and oxygen atoms in total. The zero-order valence-corrected chi connectivity index (χ0v) is 10.7. The molecule has 0 saturated heterocycles.